The van der Waals surface area contributed by atoms with Gasteiger partial charge in [-0.25, -0.2) is 0 Å². The Morgan fingerprint density at radius 2 is 1.80 bits per heavy atom. The molecule has 1 saturated carbocycles. The Morgan fingerprint density at radius 3 is 2.40 bits per heavy atom. The van der Waals surface area contributed by atoms with Crippen LogP contribution in [-0.2, 0) is 14.3 Å². The normalized spacial score (nSPS) is 36.4. The summed E-state index contributed by atoms with van der Waals surface area (Å²) in [5.74, 6) is 0.254. The van der Waals surface area contributed by atoms with Gasteiger partial charge in [-0.3, -0.25) is 9.59 Å². The molecule has 2 heterocycles. The van der Waals surface area contributed by atoms with Crippen LogP contribution in [-0.4, -0.2) is 47.7 Å². The van der Waals surface area contributed by atoms with Crippen molar-refractivity contribution in [2.45, 2.75) is 65.4 Å². The predicted molar refractivity (Wildman–Crippen MR) is 95.1 cm³/mol. The van der Waals surface area contributed by atoms with Crippen LogP contribution >= 0.6 is 0 Å². The minimum Gasteiger partial charge on any atom is -0.481 e. The van der Waals surface area contributed by atoms with Crippen molar-refractivity contribution in [3.8, 4) is 0 Å². The van der Waals surface area contributed by atoms with Crippen molar-refractivity contribution >= 4 is 11.9 Å². The number of carboxylic acids is 1. The molecule has 142 valence electrons. The third kappa shape index (κ3) is 4.18. The van der Waals surface area contributed by atoms with Gasteiger partial charge in [-0.15, -0.1) is 0 Å². The molecule has 0 bridgehead atoms. The highest BCUT2D eigenvalue weighted by molar-refractivity contribution is 5.79. The summed E-state index contributed by atoms with van der Waals surface area (Å²) in [5, 5.41) is 9.35. The summed E-state index contributed by atoms with van der Waals surface area (Å²) in [5.41, 5.74) is 0.253. The summed E-state index contributed by atoms with van der Waals surface area (Å²) >= 11 is 0. The smallest absolute Gasteiger partial charge is 0.309 e. The maximum absolute atomic E-state index is 13.0. The van der Waals surface area contributed by atoms with Crippen molar-refractivity contribution < 1.29 is 19.4 Å². The second kappa shape index (κ2) is 7.26. The second-order valence-electron chi connectivity index (χ2n) is 9.34. The Bertz CT molecular complexity index is 510. The molecule has 1 aliphatic carbocycles. The van der Waals surface area contributed by atoms with Crippen LogP contribution in [0.15, 0.2) is 0 Å². The average molecular weight is 351 g/mol. The number of amides is 1. The number of carbonyl (C=O) groups excluding carboxylic acids is 1. The molecule has 5 nitrogen and oxygen atoms in total. The molecule has 3 rings (SSSR count). The van der Waals surface area contributed by atoms with Crippen molar-refractivity contribution in [3.05, 3.63) is 0 Å². The number of ether oxygens (including phenoxy) is 1. The molecule has 3 unspecified atom stereocenters. The minimum absolute atomic E-state index is 0.157. The summed E-state index contributed by atoms with van der Waals surface area (Å²) in [4.78, 5) is 26.4. The van der Waals surface area contributed by atoms with Gasteiger partial charge >= 0.3 is 5.97 Å². The molecule has 0 aromatic carbocycles. The second-order valence-corrected chi connectivity index (χ2v) is 9.34. The number of carboxylic acid groups (broad SMARTS) is 1. The molecular weight excluding hydrogens is 318 g/mol. The van der Waals surface area contributed by atoms with Gasteiger partial charge in [0.25, 0.3) is 0 Å². The van der Waals surface area contributed by atoms with Crippen LogP contribution in [0.4, 0.5) is 0 Å². The van der Waals surface area contributed by atoms with Crippen LogP contribution in [0, 0.1) is 29.1 Å². The van der Waals surface area contributed by atoms with Crippen LogP contribution in [0.5, 0.6) is 0 Å². The number of hydrogen-bond donors (Lipinski definition) is 1. The topological polar surface area (TPSA) is 66.8 Å². The average Bonchev–Trinajstić information content (AvgIpc) is 3.02. The van der Waals surface area contributed by atoms with E-state index < -0.39 is 5.97 Å². The zero-order valence-corrected chi connectivity index (χ0v) is 15.9. The highest BCUT2D eigenvalue weighted by atomic mass is 16.5. The summed E-state index contributed by atoms with van der Waals surface area (Å²) < 4.78 is 5.74. The van der Waals surface area contributed by atoms with E-state index in [1.54, 1.807) is 0 Å². The molecular formula is C20H33NO4. The predicted octanol–water partition coefficient (Wildman–Crippen LogP) is 3.18. The van der Waals surface area contributed by atoms with Gasteiger partial charge in [0.15, 0.2) is 0 Å². The highest BCUT2D eigenvalue weighted by Crippen LogP contribution is 2.43. The Kier molecular flexibility index (Phi) is 5.42. The van der Waals surface area contributed by atoms with E-state index >= 15 is 0 Å². The first-order chi connectivity index (χ1) is 11.8. The quantitative estimate of drug-likeness (QED) is 0.848. The molecule has 3 aliphatic rings. The van der Waals surface area contributed by atoms with Gasteiger partial charge in [0.2, 0.25) is 5.91 Å². The molecule has 25 heavy (non-hydrogen) atoms. The first-order valence-electron chi connectivity index (χ1n) is 9.90. The number of carbonyl (C=O) groups is 2. The van der Waals surface area contributed by atoms with Crippen molar-refractivity contribution in [1.82, 2.24) is 4.90 Å². The Balaban J connectivity index is 1.55. The molecule has 0 aromatic heterocycles. The zero-order chi connectivity index (χ0) is 18.2. The molecule has 1 amide bonds. The zero-order valence-electron chi connectivity index (χ0n) is 15.9. The molecule has 0 aromatic rings. The van der Waals surface area contributed by atoms with Gasteiger partial charge in [0, 0.05) is 25.6 Å². The standard InChI is InChI=1S/C20H33NO4/c1-13-10-15(12-20(2,3)11-13)18(22)21-7-4-14(5-8-21)17-16(19(23)24)6-9-25-17/h13-17H,4-12H2,1-3H3,(H,23,24)/t13?,15?,16?,17-/m0/s1. The lowest BCUT2D eigenvalue weighted by atomic mass is 9.67. The Labute approximate surface area is 151 Å². The first-order valence-corrected chi connectivity index (χ1v) is 9.90. The number of aliphatic carboxylic acids is 1. The lowest BCUT2D eigenvalue weighted by Gasteiger charge is -2.42. The SMILES string of the molecule is CC1CC(C(=O)N2CCC([C@@H]3OCCC3C(=O)O)CC2)CC(C)(C)C1. The van der Waals surface area contributed by atoms with Crippen molar-refractivity contribution in [1.29, 1.82) is 0 Å². The van der Waals surface area contributed by atoms with E-state index in [2.05, 4.69) is 20.8 Å². The van der Waals surface area contributed by atoms with E-state index in [1.807, 2.05) is 4.90 Å². The summed E-state index contributed by atoms with van der Waals surface area (Å²) in [6.07, 6.45) is 5.39. The van der Waals surface area contributed by atoms with Gasteiger partial charge in [0.1, 0.15) is 0 Å². The summed E-state index contributed by atoms with van der Waals surface area (Å²) in [6, 6.07) is 0. The van der Waals surface area contributed by atoms with E-state index in [4.69, 9.17) is 4.74 Å². The fourth-order valence-electron chi connectivity index (χ4n) is 5.58. The Hall–Kier alpha value is -1.10. The molecule has 3 fully saturated rings. The monoisotopic (exact) mass is 351 g/mol. The van der Waals surface area contributed by atoms with Crippen LogP contribution in [0.1, 0.15) is 59.3 Å². The van der Waals surface area contributed by atoms with E-state index in [-0.39, 0.29) is 29.3 Å². The van der Waals surface area contributed by atoms with E-state index in [0.717, 1.165) is 38.8 Å². The van der Waals surface area contributed by atoms with Crippen molar-refractivity contribution in [3.63, 3.8) is 0 Å². The van der Waals surface area contributed by atoms with Crippen molar-refractivity contribution in [2.75, 3.05) is 19.7 Å². The number of hydrogen-bond acceptors (Lipinski definition) is 3. The maximum Gasteiger partial charge on any atom is 0.309 e. The number of nitrogens with zero attached hydrogens (tertiary/aromatic N) is 1. The van der Waals surface area contributed by atoms with Gasteiger partial charge in [-0.2, -0.15) is 0 Å². The summed E-state index contributed by atoms with van der Waals surface area (Å²) in [7, 11) is 0. The van der Waals surface area contributed by atoms with E-state index in [1.165, 1.54) is 6.42 Å². The van der Waals surface area contributed by atoms with Gasteiger partial charge in [0.05, 0.1) is 12.0 Å². The molecule has 1 N–H and O–H groups in total. The van der Waals surface area contributed by atoms with Crippen LogP contribution < -0.4 is 0 Å². The largest absolute Gasteiger partial charge is 0.481 e. The van der Waals surface area contributed by atoms with Crippen molar-refractivity contribution in [2.24, 2.45) is 29.1 Å². The third-order valence-corrected chi connectivity index (χ3v) is 6.50. The van der Waals surface area contributed by atoms with Crippen LogP contribution in [0.2, 0.25) is 0 Å². The van der Waals surface area contributed by atoms with Gasteiger partial charge in [-0.1, -0.05) is 20.8 Å². The highest BCUT2D eigenvalue weighted by Gasteiger charge is 2.42. The molecule has 4 atom stereocenters. The lowest BCUT2D eigenvalue weighted by Crippen LogP contribution is -2.47. The molecule has 2 aliphatic heterocycles. The van der Waals surface area contributed by atoms with Gasteiger partial charge in [-0.05, 0) is 55.8 Å². The molecule has 0 radical (unpaired) electrons. The fourth-order valence-corrected chi connectivity index (χ4v) is 5.58. The molecule has 5 heteroatoms. The van der Waals surface area contributed by atoms with E-state index in [9.17, 15) is 14.7 Å². The van der Waals surface area contributed by atoms with E-state index in [0.29, 0.717) is 24.9 Å². The maximum atomic E-state index is 13.0. The number of rotatable bonds is 3. The lowest BCUT2D eigenvalue weighted by molar-refractivity contribution is -0.147. The third-order valence-electron chi connectivity index (χ3n) is 6.50. The van der Waals surface area contributed by atoms with Gasteiger partial charge < -0.3 is 14.7 Å². The molecule has 0 spiro atoms. The fraction of sp³-hybridized carbons (Fsp3) is 0.900. The number of piperidine rings is 1. The van der Waals surface area contributed by atoms with Crippen LogP contribution in [0.3, 0.4) is 0 Å². The molecule has 2 saturated heterocycles. The summed E-state index contributed by atoms with van der Waals surface area (Å²) in [6.45, 7) is 8.87. The first kappa shape index (κ1) is 18.7. The minimum atomic E-state index is -0.737. The Morgan fingerprint density at radius 1 is 1.12 bits per heavy atom. The number of likely N-dealkylation sites (tertiary alicyclic amines) is 1. The van der Waals surface area contributed by atoms with Crippen LogP contribution in [0.25, 0.3) is 0 Å².